The summed E-state index contributed by atoms with van der Waals surface area (Å²) in [6.45, 7) is 3.12. The predicted octanol–water partition coefficient (Wildman–Crippen LogP) is 4.44. The molecule has 4 rings (SSSR count). The topological polar surface area (TPSA) is 54.5 Å². The van der Waals surface area contributed by atoms with Gasteiger partial charge < -0.3 is 15.0 Å². The summed E-state index contributed by atoms with van der Waals surface area (Å²) in [5.74, 6) is 0.0110. The molecule has 2 aromatic heterocycles. The molecule has 1 N–H and O–H groups in total. The highest BCUT2D eigenvalue weighted by atomic mass is 32.1. The van der Waals surface area contributed by atoms with Crippen molar-refractivity contribution in [2.75, 3.05) is 36.5 Å². The Morgan fingerprint density at radius 2 is 1.90 bits per heavy atom. The first-order chi connectivity index (χ1) is 14.2. The number of nitrogens with zero attached hydrogens (tertiary/aromatic N) is 2. The molecule has 7 heteroatoms. The third-order valence-electron chi connectivity index (χ3n) is 4.53. The van der Waals surface area contributed by atoms with Crippen LogP contribution in [0.4, 0.5) is 15.9 Å². The molecule has 0 radical (unpaired) electrons. The lowest BCUT2D eigenvalue weighted by Crippen LogP contribution is -2.36. The van der Waals surface area contributed by atoms with Crippen LogP contribution in [0.25, 0.3) is 16.5 Å². The van der Waals surface area contributed by atoms with Gasteiger partial charge in [-0.3, -0.25) is 4.79 Å². The molecule has 29 heavy (non-hydrogen) atoms. The second-order valence-electron chi connectivity index (χ2n) is 6.53. The standard InChI is InChI=1S/C22H20FN3O2S/c23-17-3-1-16(2-4-17)20-8-6-19(29-20)7-10-22(27)25-21-9-5-18(15-24-21)26-11-13-28-14-12-26/h1-10,15H,11-14H2,(H,24,25,27)/b10-7+. The third kappa shape index (κ3) is 5.07. The summed E-state index contributed by atoms with van der Waals surface area (Å²) in [7, 11) is 0. The van der Waals surface area contributed by atoms with Gasteiger partial charge in [0.05, 0.1) is 25.1 Å². The number of benzene rings is 1. The normalized spacial score (nSPS) is 14.3. The van der Waals surface area contributed by atoms with E-state index in [1.165, 1.54) is 29.5 Å². The Balaban J connectivity index is 1.34. The van der Waals surface area contributed by atoms with Crippen molar-refractivity contribution in [1.82, 2.24) is 4.98 Å². The van der Waals surface area contributed by atoms with Crippen LogP contribution < -0.4 is 10.2 Å². The highest BCUT2D eigenvalue weighted by molar-refractivity contribution is 7.16. The number of ether oxygens (including phenoxy) is 1. The van der Waals surface area contributed by atoms with E-state index in [9.17, 15) is 9.18 Å². The number of carbonyl (C=O) groups excluding carboxylic acids is 1. The van der Waals surface area contributed by atoms with Gasteiger partial charge in [-0.15, -0.1) is 11.3 Å². The van der Waals surface area contributed by atoms with Gasteiger partial charge in [0.25, 0.3) is 0 Å². The van der Waals surface area contributed by atoms with Crippen molar-refractivity contribution in [2.45, 2.75) is 0 Å². The number of nitrogens with one attached hydrogen (secondary N) is 1. The Labute approximate surface area is 172 Å². The maximum atomic E-state index is 13.0. The van der Waals surface area contributed by atoms with Crippen molar-refractivity contribution >= 4 is 34.8 Å². The summed E-state index contributed by atoms with van der Waals surface area (Å²) in [6.07, 6.45) is 5.01. The molecule has 1 amide bonds. The number of pyridine rings is 1. The summed E-state index contributed by atoms with van der Waals surface area (Å²) in [4.78, 5) is 20.7. The Kier molecular flexibility index (Phi) is 5.97. The van der Waals surface area contributed by atoms with E-state index in [1.807, 2.05) is 18.2 Å². The minimum absolute atomic E-state index is 0.242. The van der Waals surface area contributed by atoms with E-state index < -0.39 is 0 Å². The molecule has 0 saturated carbocycles. The highest BCUT2D eigenvalue weighted by Crippen LogP contribution is 2.29. The van der Waals surface area contributed by atoms with Crippen molar-refractivity contribution in [3.8, 4) is 10.4 Å². The third-order valence-corrected chi connectivity index (χ3v) is 5.63. The number of morpholine rings is 1. The highest BCUT2D eigenvalue weighted by Gasteiger charge is 2.11. The molecule has 0 unspecified atom stereocenters. The molecule has 0 aliphatic carbocycles. The smallest absolute Gasteiger partial charge is 0.249 e. The lowest BCUT2D eigenvalue weighted by atomic mass is 10.2. The molecule has 1 saturated heterocycles. The summed E-state index contributed by atoms with van der Waals surface area (Å²) in [5, 5.41) is 2.77. The van der Waals surface area contributed by atoms with Crippen LogP contribution in [-0.2, 0) is 9.53 Å². The molecule has 1 aliphatic heterocycles. The lowest BCUT2D eigenvalue weighted by Gasteiger charge is -2.28. The predicted molar refractivity (Wildman–Crippen MR) is 115 cm³/mol. The first-order valence-corrected chi connectivity index (χ1v) is 10.1. The monoisotopic (exact) mass is 409 g/mol. The van der Waals surface area contributed by atoms with E-state index in [0.29, 0.717) is 5.82 Å². The van der Waals surface area contributed by atoms with Gasteiger partial charge >= 0.3 is 0 Å². The summed E-state index contributed by atoms with van der Waals surface area (Å²) in [6, 6.07) is 14.0. The molecule has 1 aliphatic rings. The Bertz CT molecular complexity index is 994. The fraction of sp³-hybridized carbons (Fsp3) is 0.182. The van der Waals surface area contributed by atoms with Gasteiger partial charge in [0.1, 0.15) is 11.6 Å². The number of halogens is 1. The van der Waals surface area contributed by atoms with E-state index in [0.717, 1.165) is 47.3 Å². The molecular formula is C22H20FN3O2S. The van der Waals surface area contributed by atoms with Gasteiger partial charge in [0.2, 0.25) is 5.91 Å². The van der Waals surface area contributed by atoms with Crippen LogP contribution in [0.15, 0.2) is 60.8 Å². The molecule has 0 atom stereocenters. The van der Waals surface area contributed by atoms with Crippen LogP contribution in [-0.4, -0.2) is 37.2 Å². The zero-order valence-electron chi connectivity index (χ0n) is 15.7. The number of carbonyl (C=O) groups is 1. The largest absolute Gasteiger partial charge is 0.378 e. The number of amides is 1. The fourth-order valence-electron chi connectivity index (χ4n) is 3.01. The first kappa shape index (κ1) is 19.3. The molecule has 3 heterocycles. The first-order valence-electron chi connectivity index (χ1n) is 9.31. The van der Waals surface area contributed by atoms with Gasteiger partial charge in [-0.2, -0.15) is 0 Å². The number of anilines is 2. The van der Waals surface area contributed by atoms with Gasteiger partial charge in [0.15, 0.2) is 0 Å². The number of hydrogen-bond acceptors (Lipinski definition) is 5. The summed E-state index contributed by atoms with van der Waals surface area (Å²) >= 11 is 1.54. The van der Waals surface area contributed by atoms with Crippen molar-refractivity contribution in [3.05, 3.63) is 71.5 Å². The van der Waals surface area contributed by atoms with Crippen molar-refractivity contribution in [3.63, 3.8) is 0 Å². The van der Waals surface area contributed by atoms with Crippen molar-refractivity contribution in [1.29, 1.82) is 0 Å². The average molecular weight is 409 g/mol. The minimum Gasteiger partial charge on any atom is -0.378 e. The van der Waals surface area contributed by atoms with E-state index in [1.54, 1.807) is 30.5 Å². The SMILES string of the molecule is O=C(/C=C/c1ccc(-c2ccc(F)cc2)s1)Nc1ccc(N2CCOCC2)cn1. The van der Waals surface area contributed by atoms with Gasteiger partial charge in [-0.05, 0) is 48.0 Å². The Morgan fingerprint density at radius 3 is 2.62 bits per heavy atom. The van der Waals surface area contributed by atoms with Crippen LogP contribution in [0.1, 0.15) is 4.88 Å². The fourth-order valence-corrected chi connectivity index (χ4v) is 3.92. The summed E-state index contributed by atoms with van der Waals surface area (Å²) in [5.41, 5.74) is 1.97. The Hall–Kier alpha value is -3.03. The second-order valence-corrected chi connectivity index (χ2v) is 7.65. The Morgan fingerprint density at radius 1 is 1.10 bits per heavy atom. The van der Waals surface area contributed by atoms with E-state index in [-0.39, 0.29) is 11.7 Å². The molecule has 148 valence electrons. The molecule has 1 aromatic carbocycles. The molecule has 3 aromatic rings. The minimum atomic E-state index is -0.256. The molecule has 5 nitrogen and oxygen atoms in total. The van der Waals surface area contributed by atoms with E-state index >= 15 is 0 Å². The van der Waals surface area contributed by atoms with Crippen LogP contribution >= 0.6 is 11.3 Å². The van der Waals surface area contributed by atoms with E-state index in [4.69, 9.17) is 4.74 Å². The van der Waals surface area contributed by atoms with E-state index in [2.05, 4.69) is 15.2 Å². The maximum absolute atomic E-state index is 13.0. The number of aromatic nitrogens is 1. The van der Waals surface area contributed by atoms with Gasteiger partial charge in [0, 0.05) is 28.9 Å². The number of thiophene rings is 1. The van der Waals surface area contributed by atoms with Crippen molar-refractivity contribution in [2.24, 2.45) is 0 Å². The van der Waals surface area contributed by atoms with Gasteiger partial charge in [-0.25, -0.2) is 9.37 Å². The average Bonchev–Trinajstić information content (AvgIpc) is 3.23. The quantitative estimate of drug-likeness (QED) is 0.633. The molecule has 1 fully saturated rings. The van der Waals surface area contributed by atoms with Crippen LogP contribution in [0.5, 0.6) is 0 Å². The molecule has 0 bridgehead atoms. The van der Waals surface area contributed by atoms with Crippen molar-refractivity contribution < 1.29 is 13.9 Å². The summed E-state index contributed by atoms with van der Waals surface area (Å²) < 4.78 is 18.4. The number of hydrogen-bond donors (Lipinski definition) is 1. The van der Waals surface area contributed by atoms with Crippen LogP contribution in [0.3, 0.4) is 0 Å². The van der Waals surface area contributed by atoms with Crippen LogP contribution in [0.2, 0.25) is 0 Å². The van der Waals surface area contributed by atoms with Crippen LogP contribution in [0, 0.1) is 5.82 Å². The molecule has 0 spiro atoms. The second kappa shape index (κ2) is 8.98. The lowest BCUT2D eigenvalue weighted by molar-refractivity contribution is -0.111. The maximum Gasteiger partial charge on any atom is 0.249 e. The molecular weight excluding hydrogens is 389 g/mol. The zero-order valence-corrected chi connectivity index (χ0v) is 16.5. The zero-order chi connectivity index (χ0) is 20.1. The number of rotatable bonds is 5. The van der Waals surface area contributed by atoms with Gasteiger partial charge in [-0.1, -0.05) is 12.1 Å².